The summed E-state index contributed by atoms with van der Waals surface area (Å²) in [7, 11) is 0. The van der Waals surface area contributed by atoms with Gasteiger partial charge in [-0.25, -0.2) is 0 Å². The number of carbonyl (C=O) groups is 2. The highest BCUT2D eigenvalue weighted by Gasteiger charge is 2.11. The smallest absolute Gasteiger partial charge is 0.252 e. The van der Waals surface area contributed by atoms with Crippen LogP contribution in [0.15, 0.2) is 12.1 Å². The van der Waals surface area contributed by atoms with Crippen LogP contribution in [0.25, 0.3) is 0 Å². The molecule has 1 aromatic rings. The maximum absolute atomic E-state index is 10.7. The molecule has 68 valence electrons. The SMILES string of the molecule is NC(=O)c1cc(C=O)c(O)cc1O. The number of aldehydes is 1. The molecule has 1 aromatic carbocycles. The van der Waals surface area contributed by atoms with Crippen molar-refractivity contribution in [2.75, 3.05) is 0 Å². The lowest BCUT2D eigenvalue weighted by Crippen LogP contribution is -2.11. The summed E-state index contributed by atoms with van der Waals surface area (Å²) in [5, 5.41) is 18.2. The number of benzene rings is 1. The van der Waals surface area contributed by atoms with Crippen molar-refractivity contribution in [2.24, 2.45) is 5.73 Å². The van der Waals surface area contributed by atoms with Crippen LogP contribution in [0.3, 0.4) is 0 Å². The zero-order valence-electron chi connectivity index (χ0n) is 6.52. The number of rotatable bonds is 2. The third kappa shape index (κ3) is 1.58. The van der Waals surface area contributed by atoms with Crippen LogP contribution in [0, 0.1) is 0 Å². The van der Waals surface area contributed by atoms with Gasteiger partial charge in [0.2, 0.25) is 0 Å². The Kier molecular flexibility index (Phi) is 2.19. The van der Waals surface area contributed by atoms with E-state index in [9.17, 15) is 9.59 Å². The van der Waals surface area contributed by atoms with E-state index in [1.807, 2.05) is 0 Å². The highest BCUT2D eigenvalue weighted by atomic mass is 16.3. The Bertz CT molecular complexity index is 373. The first-order chi connectivity index (χ1) is 6.06. The summed E-state index contributed by atoms with van der Waals surface area (Å²) in [6, 6.07) is 1.92. The Balaban J connectivity index is 3.38. The van der Waals surface area contributed by atoms with E-state index in [0.29, 0.717) is 6.29 Å². The molecule has 1 amide bonds. The number of phenolic OH excluding ortho intramolecular Hbond substituents is 1. The summed E-state index contributed by atoms with van der Waals surface area (Å²) in [4.78, 5) is 21.0. The number of hydrogen-bond acceptors (Lipinski definition) is 4. The van der Waals surface area contributed by atoms with E-state index in [4.69, 9.17) is 15.9 Å². The Morgan fingerprint density at radius 1 is 1.31 bits per heavy atom. The average Bonchev–Trinajstić information content (AvgIpc) is 2.03. The Hall–Kier alpha value is -2.04. The van der Waals surface area contributed by atoms with Gasteiger partial charge in [-0.2, -0.15) is 0 Å². The largest absolute Gasteiger partial charge is 0.507 e. The third-order valence-electron chi connectivity index (χ3n) is 1.54. The van der Waals surface area contributed by atoms with E-state index in [0.717, 1.165) is 12.1 Å². The van der Waals surface area contributed by atoms with E-state index in [-0.39, 0.29) is 11.1 Å². The van der Waals surface area contributed by atoms with Crippen molar-refractivity contribution in [3.8, 4) is 11.5 Å². The molecule has 0 fully saturated rings. The Morgan fingerprint density at radius 2 is 1.92 bits per heavy atom. The van der Waals surface area contributed by atoms with Crippen LogP contribution in [0.4, 0.5) is 0 Å². The first-order valence-corrected chi connectivity index (χ1v) is 3.37. The number of primary amides is 1. The molecule has 0 atom stereocenters. The molecule has 0 radical (unpaired) electrons. The second-order valence-corrected chi connectivity index (χ2v) is 2.41. The van der Waals surface area contributed by atoms with Gasteiger partial charge < -0.3 is 15.9 Å². The van der Waals surface area contributed by atoms with Gasteiger partial charge in [-0.05, 0) is 6.07 Å². The van der Waals surface area contributed by atoms with Crippen molar-refractivity contribution in [3.63, 3.8) is 0 Å². The van der Waals surface area contributed by atoms with Gasteiger partial charge in [0.25, 0.3) is 5.91 Å². The predicted octanol–water partition coefficient (Wildman–Crippen LogP) is 0.00920. The first kappa shape index (κ1) is 9.05. The molecule has 0 saturated carbocycles. The van der Waals surface area contributed by atoms with Gasteiger partial charge in [0.05, 0.1) is 11.1 Å². The van der Waals surface area contributed by atoms with Crippen LogP contribution in [-0.4, -0.2) is 22.4 Å². The standard InChI is InChI=1S/C8H7NO4/c9-8(13)5-1-4(3-10)6(11)2-7(5)12/h1-3,11-12H,(H2,9,13). The number of hydrogen-bond donors (Lipinski definition) is 3. The number of aromatic hydroxyl groups is 2. The molecule has 0 aliphatic rings. The Labute approximate surface area is 73.4 Å². The van der Waals surface area contributed by atoms with E-state index < -0.39 is 17.4 Å². The summed E-state index contributed by atoms with van der Waals surface area (Å²) in [5.74, 6) is -1.70. The molecular weight excluding hydrogens is 174 g/mol. The fourth-order valence-electron chi connectivity index (χ4n) is 0.886. The van der Waals surface area contributed by atoms with E-state index >= 15 is 0 Å². The molecule has 0 bridgehead atoms. The number of amides is 1. The van der Waals surface area contributed by atoms with Crippen LogP contribution in [0.5, 0.6) is 11.5 Å². The van der Waals surface area contributed by atoms with Gasteiger partial charge in [-0.3, -0.25) is 9.59 Å². The van der Waals surface area contributed by atoms with Crippen molar-refractivity contribution in [2.45, 2.75) is 0 Å². The van der Waals surface area contributed by atoms with Crippen molar-refractivity contribution < 1.29 is 19.8 Å². The molecule has 4 N–H and O–H groups in total. The van der Waals surface area contributed by atoms with Crippen LogP contribution in [-0.2, 0) is 0 Å². The quantitative estimate of drug-likeness (QED) is 0.559. The molecule has 5 heteroatoms. The fraction of sp³-hybridized carbons (Fsp3) is 0. The molecule has 0 heterocycles. The fourth-order valence-corrected chi connectivity index (χ4v) is 0.886. The van der Waals surface area contributed by atoms with Crippen LogP contribution >= 0.6 is 0 Å². The molecular formula is C8H7NO4. The van der Waals surface area contributed by atoms with Gasteiger partial charge in [0.1, 0.15) is 11.5 Å². The van der Waals surface area contributed by atoms with E-state index in [2.05, 4.69) is 0 Å². The number of phenols is 2. The highest BCUT2D eigenvalue weighted by molar-refractivity contribution is 5.98. The minimum absolute atomic E-state index is 0.0911. The summed E-state index contributed by atoms with van der Waals surface area (Å²) in [6.45, 7) is 0. The van der Waals surface area contributed by atoms with Crippen LogP contribution < -0.4 is 5.73 Å². The zero-order valence-corrected chi connectivity index (χ0v) is 6.52. The molecule has 0 unspecified atom stereocenters. The predicted molar refractivity (Wildman–Crippen MR) is 43.7 cm³/mol. The highest BCUT2D eigenvalue weighted by Crippen LogP contribution is 2.25. The lowest BCUT2D eigenvalue weighted by Gasteiger charge is -2.02. The lowest BCUT2D eigenvalue weighted by molar-refractivity contribution is 0.0997. The molecule has 5 nitrogen and oxygen atoms in total. The van der Waals surface area contributed by atoms with Crippen LogP contribution in [0.2, 0.25) is 0 Å². The summed E-state index contributed by atoms with van der Waals surface area (Å²) >= 11 is 0. The van der Waals surface area contributed by atoms with E-state index in [1.54, 1.807) is 0 Å². The summed E-state index contributed by atoms with van der Waals surface area (Å²) < 4.78 is 0. The normalized spacial score (nSPS) is 9.54. The van der Waals surface area contributed by atoms with Gasteiger partial charge in [-0.15, -0.1) is 0 Å². The minimum atomic E-state index is -0.861. The molecule has 0 spiro atoms. The molecule has 0 aliphatic carbocycles. The number of carbonyl (C=O) groups excluding carboxylic acids is 2. The van der Waals surface area contributed by atoms with Gasteiger partial charge >= 0.3 is 0 Å². The second-order valence-electron chi connectivity index (χ2n) is 2.41. The van der Waals surface area contributed by atoms with Gasteiger partial charge in [0.15, 0.2) is 6.29 Å². The van der Waals surface area contributed by atoms with Gasteiger partial charge in [0, 0.05) is 6.07 Å². The monoisotopic (exact) mass is 181 g/mol. The summed E-state index contributed by atoms with van der Waals surface area (Å²) in [6.07, 6.45) is 0.362. The maximum atomic E-state index is 10.7. The maximum Gasteiger partial charge on any atom is 0.252 e. The van der Waals surface area contributed by atoms with Gasteiger partial charge in [-0.1, -0.05) is 0 Å². The summed E-state index contributed by atoms with van der Waals surface area (Å²) in [5.41, 5.74) is 4.61. The molecule has 1 rings (SSSR count). The Morgan fingerprint density at radius 3 is 2.38 bits per heavy atom. The molecule has 0 aromatic heterocycles. The zero-order chi connectivity index (χ0) is 10.0. The van der Waals surface area contributed by atoms with Crippen molar-refractivity contribution in [1.29, 1.82) is 0 Å². The first-order valence-electron chi connectivity index (χ1n) is 3.37. The average molecular weight is 181 g/mol. The van der Waals surface area contributed by atoms with Crippen molar-refractivity contribution in [1.82, 2.24) is 0 Å². The molecule has 0 saturated heterocycles. The van der Waals surface area contributed by atoms with Crippen molar-refractivity contribution >= 4 is 12.2 Å². The van der Waals surface area contributed by atoms with E-state index in [1.165, 1.54) is 0 Å². The minimum Gasteiger partial charge on any atom is -0.507 e. The molecule has 0 aliphatic heterocycles. The lowest BCUT2D eigenvalue weighted by atomic mass is 10.1. The topological polar surface area (TPSA) is 101 Å². The van der Waals surface area contributed by atoms with Crippen LogP contribution in [0.1, 0.15) is 20.7 Å². The molecule has 13 heavy (non-hydrogen) atoms. The van der Waals surface area contributed by atoms with Crippen molar-refractivity contribution in [3.05, 3.63) is 23.3 Å². The number of nitrogens with two attached hydrogens (primary N) is 1. The second kappa shape index (κ2) is 3.14. The third-order valence-corrected chi connectivity index (χ3v) is 1.54.